The van der Waals surface area contributed by atoms with Crippen LogP contribution < -0.4 is 5.73 Å². The number of benzene rings is 1. The van der Waals surface area contributed by atoms with Crippen molar-refractivity contribution >= 4 is 23.5 Å². The predicted octanol–water partition coefficient (Wildman–Crippen LogP) is 1.71. The largest absolute Gasteiger partial charge is 0.368 e. The fourth-order valence-electron chi connectivity index (χ4n) is 1.91. The minimum absolute atomic E-state index is 0.118. The molecular weight excluding hydrogens is 326 g/mol. The summed E-state index contributed by atoms with van der Waals surface area (Å²) in [5, 5.41) is 7.34. The van der Waals surface area contributed by atoms with Crippen LogP contribution in [0.2, 0.25) is 0 Å². The number of thioether (sulfide) groups is 1. The van der Waals surface area contributed by atoms with Crippen molar-refractivity contribution in [1.29, 1.82) is 0 Å². The molecule has 122 valence electrons. The third-order valence-corrected chi connectivity index (χ3v) is 4.14. The number of nitrogens with zero attached hydrogens (tertiary/aromatic N) is 3. The highest BCUT2D eigenvalue weighted by Gasteiger charge is 2.23. The number of aryl methyl sites for hydroxylation is 1. The summed E-state index contributed by atoms with van der Waals surface area (Å²) in [7, 11) is 0. The summed E-state index contributed by atoms with van der Waals surface area (Å²) in [5.74, 6) is -2.29. The molecule has 0 aliphatic carbocycles. The van der Waals surface area contributed by atoms with E-state index in [4.69, 9.17) is 5.73 Å². The molecule has 9 heteroatoms. The van der Waals surface area contributed by atoms with Gasteiger partial charge < -0.3 is 5.73 Å². The van der Waals surface area contributed by atoms with Crippen molar-refractivity contribution in [3.63, 3.8) is 0 Å². The van der Waals surface area contributed by atoms with E-state index in [1.807, 2.05) is 0 Å². The molecule has 1 amide bonds. The second kappa shape index (κ2) is 6.86. The van der Waals surface area contributed by atoms with E-state index in [1.165, 1.54) is 4.57 Å². The number of carbonyl (C=O) groups excluding carboxylic acids is 2. The van der Waals surface area contributed by atoms with Crippen LogP contribution >= 0.6 is 11.8 Å². The second-order valence-electron chi connectivity index (χ2n) is 4.83. The second-order valence-corrected chi connectivity index (χ2v) is 6.14. The molecule has 2 aromatic rings. The summed E-state index contributed by atoms with van der Waals surface area (Å²) >= 11 is 1.02. The van der Waals surface area contributed by atoms with Gasteiger partial charge >= 0.3 is 0 Å². The molecule has 1 atom stereocenters. The van der Waals surface area contributed by atoms with Gasteiger partial charge in [0, 0.05) is 6.07 Å². The van der Waals surface area contributed by atoms with Gasteiger partial charge in [0.15, 0.2) is 10.9 Å². The molecule has 0 aliphatic rings. The third kappa shape index (κ3) is 3.92. The lowest BCUT2D eigenvalue weighted by atomic mass is 10.1. The van der Waals surface area contributed by atoms with E-state index in [0.717, 1.165) is 23.9 Å². The van der Waals surface area contributed by atoms with E-state index in [9.17, 15) is 18.4 Å². The lowest BCUT2D eigenvalue weighted by Crippen LogP contribution is -2.21. The monoisotopic (exact) mass is 340 g/mol. The molecular formula is C14H14F2N4O2S. The number of ketones is 1. The molecule has 1 aromatic carbocycles. The molecule has 0 bridgehead atoms. The predicted molar refractivity (Wildman–Crippen MR) is 80.0 cm³/mol. The molecule has 2 N–H and O–H groups in total. The maximum atomic E-state index is 13.7. The number of rotatable bonds is 6. The van der Waals surface area contributed by atoms with Gasteiger partial charge in [-0.1, -0.05) is 11.8 Å². The highest BCUT2D eigenvalue weighted by Crippen LogP contribution is 2.25. The average molecular weight is 340 g/mol. The molecule has 2 rings (SSSR count). The van der Waals surface area contributed by atoms with Gasteiger partial charge in [-0.05, 0) is 26.0 Å². The molecule has 0 unspecified atom stereocenters. The molecule has 6 nitrogen and oxygen atoms in total. The van der Waals surface area contributed by atoms with Gasteiger partial charge in [-0.2, -0.15) is 0 Å². The Morgan fingerprint density at radius 1 is 1.35 bits per heavy atom. The van der Waals surface area contributed by atoms with Gasteiger partial charge in [0.05, 0.1) is 10.8 Å². The molecule has 1 heterocycles. The number of aromatic nitrogens is 3. The first-order valence-corrected chi connectivity index (χ1v) is 7.51. The van der Waals surface area contributed by atoms with E-state index in [1.54, 1.807) is 13.8 Å². The fourth-order valence-corrected chi connectivity index (χ4v) is 2.87. The first-order chi connectivity index (χ1) is 10.8. The van der Waals surface area contributed by atoms with E-state index in [-0.39, 0.29) is 12.1 Å². The summed E-state index contributed by atoms with van der Waals surface area (Å²) < 4.78 is 28.1. The average Bonchev–Trinajstić information content (AvgIpc) is 2.79. The van der Waals surface area contributed by atoms with Gasteiger partial charge in [-0.25, -0.2) is 8.78 Å². The Balaban J connectivity index is 2.20. The van der Waals surface area contributed by atoms with Crippen LogP contribution in [0.25, 0.3) is 0 Å². The van der Waals surface area contributed by atoms with Crippen molar-refractivity contribution in [2.24, 2.45) is 5.73 Å². The Hall–Kier alpha value is -2.29. The van der Waals surface area contributed by atoms with Crippen LogP contribution in [0.4, 0.5) is 8.78 Å². The molecule has 23 heavy (non-hydrogen) atoms. The maximum absolute atomic E-state index is 13.7. The smallest absolute Gasteiger partial charge is 0.237 e. The quantitative estimate of drug-likeness (QED) is 0.638. The van der Waals surface area contributed by atoms with E-state index in [2.05, 4.69) is 10.2 Å². The number of carbonyl (C=O) groups is 2. The molecule has 0 saturated heterocycles. The van der Waals surface area contributed by atoms with Crippen LogP contribution in [0, 0.1) is 18.6 Å². The number of nitrogens with two attached hydrogens (primary N) is 1. The summed E-state index contributed by atoms with van der Waals surface area (Å²) in [6.07, 6.45) is 0. The lowest BCUT2D eigenvalue weighted by molar-refractivity contribution is -0.118. The normalized spacial score (nSPS) is 12.2. The van der Waals surface area contributed by atoms with Gasteiger partial charge in [0.1, 0.15) is 24.0 Å². The standard InChI is InChI=1S/C14H14F2N4O2S/c1-7(13(22)10-4-3-9(15)5-11(10)16)23-14-19-18-8(2)20(14)6-12(17)21/h3-5,7H,6H2,1-2H3,(H2,17,21)/t7-/m0/s1. The molecule has 0 spiro atoms. The van der Waals surface area contributed by atoms with Gasteiger partial charge in [-0.15, -0.1) is 10.2 Å². The Labute approximate surface area is 135 Å². The number of amides is 1. The van der Waals surface area contributed by atoms with Gasteiger partial charge in [-0.3, -0.25) is 14.2 Å². The summed E-state index contributed by atoms with van der Waals surface area (Å²) in [6, 6.07) is 2.78. The van der Waals surface area contributed by atoms with Crippen LogP contribution in [0.15, 0.2) is 23.4 Å². The number of hydrogen-bond donors (Lipinski definition) is 1. The molecule has 0 saturated carbocycles. The van der Waals surface area contributed by atoms with Gasteiger partial charge in [0.25, 0.3) is 0 Å². The molecule has 0 aliphatic heterocycles. The summed E-state index contributed by atoms with van der Waals surface area (Å²) in [5.41, 5.74) is 4.96. The zero-order valence-electron chi connectivity index (χ0n) is 12.4. The van der Waals surface area contributed by atoms with E-state index >= 15 is 0 Å². The van der Waals surface area contributed by atoms with Crippen LogP contribution in [0.5, 0.6) is 0 Å². The Kier molecular flexibility index (Phi) is 5.09. The molecule has 0 fully saturated rings. The van der Waals surface area contributed by atoms with Crippen molar-refractivity contribution in [3.8, 4) is 0 Å². The fraction of sp³-hybridized carbons (Fsp3) is 0.286. The van der Waals surface area contributed by atoms with Crippen molar-refractivity contribution < 1.29 is 18.4 Å². The summed E-state index contributed by atoms with van der Waals surface area (Å²) in [6.45, 7) is 3.09. The van der Waals surface area contributed by atoms with E-state index in [0.29, 0.717) is 17.0 Å². The Morgan fingerprint density at radius 3 is 2.65 bits per heavy atom. The third-order valence-electron chi connectivity index (χ3n) is 3.06. The number of primary amides is 1. The number of halogens is 2. The van der Waals surface area contributed by atoms with Crippen molar-refractivity contribution in [2.45, 2.75) is 30.8 Å². The number of Topliss-reactive ketones (excluding diaryl/α,β-unsaturated/α-hetero) is 1. The van der Waals surface area contributed by atoms with Crippen LogP contribution in [-0.2, 0) is 11.3 Å². The lowest BCUT2D eigenvalue weighted by Gasteiger charge is -2.11. The molecule has 1 aromatic heterocycles. The number of hydrogen-bond acceptors (Lipinski definition) is 5. The Morgan fingerprint density at radius 2 is 2.04 bits per heavy atom. The van der Waals surface area contributed by atoms with Crippen LogP contribution in [-0.4, -0.2) is 31.7 Å². The zero-order chi connectivity index (χ0) is 17.1. The summed E-state index contributed by atoms with van der Waals surface area (Å²) in [4.78, 5) is 23.4. The van der Waals surface area contributed by atoms with Crippen molar-refractivity contribution in [3.05, 3.63) is 41.2 Å². The minimum atomic E-state index is -0.919. The topological polar surface area (TPSA) is 90.9 Å². The minimum Gasteiger partial charge on any atom is -0.368 e. The zero-order valence-corrected chi connectivity index (χ0v) is 13.2. The highest BCUT2D eigenvalue weighted by atomic mass is 32.2. The van der Waals surface area contributed by atoms with Crippen molar-refractivity contribution in [1.82, 2.24) is 14.8 Å². The molecule has 0 radical (unpaired) electrons. The first kappa shape index (κ1) is 17.1. The van der Waals surface area contributed by atoms with Crippen LogP contribution in [0.3, 0.4) is 0 Å². The van der Waals surface area contributed by atoms with E-state index < -0.39 is 28.6 Å². The highest BCUT2D eigenvalue weighted by molar-refractivity contribution is 8.00. The first-order valence-electron chi connectivity index (χ1n) is 6.63. The van der Waals surface area contributed by atoms with Crippen LogP contribution in [0.1, 0.15) is 23.1 Å². The van der Waals surface area contributed by atoms with Gasteiger partial charge in [0.2, 0.25) is 5.91 Å². The Bertz CT molecular complexity index is 763. The van der Waals surface area contributed by atoms with Crippen molar-refractivity contribution in [2.75, 3.05) is 0 Å². The maximum Gasteiger partial charge on any atom is 0.237 e. The SMILES string of the molecule is Cc1nnc(S[C@@H](C)C(=O)c2ccc(F)cc2F)n1CC(N)=O.